The monoisotopic (exact) mass is 357 g/mol. The zero-order valence-electron chi connectivity index (χ0n) is 14.3. The van der Waals surface area contributed by atoms with Crippen LogP contribution in [-0.2, 0) is 9.53 Å². The molecular weight excluding hydrogens is 338 g/mol. The van der Waals surface area contributed by atoms with Crippen molar-refractivity contribution >= 4 is 17.7 Å². The van der Waals surface area contributed by atoms with E-state index >= 15 is 0 Å². The number of aryl methyl sites for hydroxylation is 1. The molecule has 0 radical (unpaired) electrons. The zero-order chi connectivity index (χ0) is 17.8. The minimum Gasteiger partial charge on any atom is -0.465 e. The maximum atomic E-state index is 12.0. The third kappa shape index (κ3) is 3.76. The third-order valence-corrected chi connectivity index (χ3v) is 4.59. The van der Waals surface area contributed by atoms with Crippen molar-refractivity contribution in [2.24, 2.45) is 0 Å². The highest BCUT2D eigenvalue weighted by Gasteiger charge is 2.23. The molecule has 0 aliphatic carbocycles. The molecule has 0 fully saturated rings. The Morgan fingerprint density at radius 1 is 1.28 bits per heavy atom. The van der Waals surface area contributed by atoms with Gasteiger partial charge in [0.2, 0.25) is 5.82 Å². The molecule has 0 unspecified atom stereocenters. The number of hydrogen-bond donors (Lipinski definition) is 0. The number of esters is 1. The van der Waals surface area contributed by atoms with Gasteiger partial charge >= 0.3 is 5.97 Å². The number of thioether (sulfide) groups is 1. The van der Waals surface area contributed by atoms with Gasteiger partial charge < -0.3 is 9.15 Å². The van der Waals surface area contributed by atoms with E-state index in [9.17, 15) is 4.79 Å². The van der Waals surface area contributed by atoms with Crippen LogP contribution in [0.25, 0.3) is 17.3 Å². The van der Waals surface area contributed by atoms with Crippen LogP contribution in [0.5, 0.6) is 0 Å². The quantitative estimate of drug-likeness (QED) is 0.492. The third-order valence-electron chi connectivity index (χ3n) is 3.57. The maximum Gasteiger partial charge on any atom is 0.319 e. The number of carbonyl (C=O) groups excluding carboxylic acids is 1. The predicted molar refractivity (Wildman–Crippen MR) is 95.8 cm³/mol. The van der Waals surface area contributed by atoms with Crippen LogP contribution in [0, 0.1) is 6.92 Å². The second kappa shape index (κ2) is 7.57. The van der Waals surface area contributed by atoms with Gasteiger partial charge in [-0.2, -0.15) is 0 Å². The van der Waals surface area contributed by atoms with Gasteiger partial charge in [0, 0.05) is 5.69 Å². The first-order valence-corrected chi connectivity index (χ1v) is 8.87. The van der Waals surface area contributed by atoms with Crippen LogP contribution >= 0.6 is 11.8 Å². The van der Waals surface area contributed by atoms with Gasteiger partial charge in [0.1, 0.15) is 5.25 Å². The summed E-state index contributed by atoms with van der Waals surface area (Å²) in [7, 11) is 0. The summed E-state index contributed by atoms with van der Waals surface area (Å²) in [6, 6.07) is 11.7. The Kier molecular flexibility index (Phi) is 5.23. The number of benzene rings is 1. The maximum absolute atomic E-state index is 12.0. The Labute approximate surface area is 150 Å². The molecule has 2 aromatic heterocycles. The van der Waals surface area contributed by atoms with Crippen molar-refractivity contribution in [3.8, 4) is 17.3 Å². The van der Waals surface area contributed by atoms with Crippen molar-refractivity contribution < 1.29 is 13.9 Å². The molecule has 1 aromatic carbocycles. The zero-order valence-corrected chi connectivity index (χ0v) is 15.1. The number of rotatable bonds is 6. The lowest BCUT2D eigenvalue weighted by Crippen LogP contribution is -2.17. The first kappa shape index (κ1) is 17.3. The summed E-state index contributed by atoms with van der Waals surface area (Å²) in [5, 5.41) is 8.74. The van der Waals surface area contributed by atoms with E-state index in [0.717, 1.165) is 11.3 Å². The van der Waals surface area contributed by atoms with Gasteiger partial charge in [-0.05, 0) is 45.0 Å². The number of ether oxygens (including phenoxy) is 1. The van der Waals surface area contributed by atoms with Crippen molar-refractivity contribution in [3.05, 3.63) is 48.2 Å². The molecule has 3 rings (SSSR count). The minimum atomic E-state index is -0.391. The van der Waals surface area contributed by atoms with E-state index in [-0.39, 0.29) is 5.97 Å². The molecule has 3 aromatic rings. The lowest BCUT2D eigenvalue weighted by Gasteiger charge is -2.12. The van der Waals surface area contributed by atoms with E-state index in [1.807, 2.05) is 41.8 Å². The van der Waals surface area contributed by atoms with Gasteiger partial charge in [-0.25, -0.2) is 0 Å². The number of aromatic nitrogens is 3. The second-order valence-electron chi connectivity index (χ2n) is 5.47. The average Bonchev–Trinajstić information content (AvgIpc) is 3.25. The molecule has 0 bridgehead atoms. The van der Waals surface area contributed by atoms with Crippen molar-refractivity contribution in [2.75, 3.05) is 6.61 Å². The van der Waals surface area contributed by atoms with E-state index in [2.05, 4.69) is 10.2 Å². The predicted octanol–water partition coefficient (Wildman–Crippen LogP) is 3.88. The van der Waals surface area contributed by atoms with Crippen molar-refractivity contribution in [1.82, 2.24) is 14.8 Å². The van der Waals surface area contributed by atoms with Crippen molar-refractivity contribution in [1.29, 1.82) is 0 Å². The molecule has 0 N–H and O–H groups in total. The molecule has 130 valence electrons. The highest BCUT2D eigenvalue weighted by atomic mass is 32.2. The summed E-state index contributed by atoms with van der Waals surface area (Å²) in [6.07, 6.45) is 1.59. The van der Waals surface area contributed by atoms with E-state index in [1.165, 1.54) is 11.8 Å². The molecule has 6 nitrogen and oxygen atoms in total. The molecule has 0 aliphatic rings. The lowest BCUT2D eigenvalue weighted by molar-refractivity contribution is -0.142. The molecule has 0 aliphatic heterocycles. The van der Waals surface area contributed by atoms with Gasteiger partial charge in [-0.3, -0.25) is 9.36 Å². The van der Waals surface area contributed by atoms with Crippen LogP contribution in [-0.4, -0.2) is 32.6 Å². The van der Waals surface area contributed by atoms with Crippen LogP contribution in [0.2, 0.25) is 0 Å². The minimum absolute atomic E-state index is 0.273. The lowest BCUT2D eigenvalue weighted by atomic mass is 10.2. The SMILES string of the molecule is CCOC(=O)[C@H](C)Sc1nnc(-c2ccco2)n1-c1ccc(C)cc1. The van der Waals surface area contributed by atoms with Crippen LogP contribution in [0.15, 0.2) is 52.2 Å². The Hall–Kier alpha value is -2.54. The molecular formula is C18H19N3O3S. The summed E-state index contributed by atoms with van der Waals surface area (Å²) < 4.78 is 12.5. The fourth-order valence-electron chi connectivity index (χ4n) is 2.30. The van der Waals surface area contributed by atoms with E-state index < -0.39 is 5.25 Å². The first-order valence-electron chi connectivity index (χ1n) is 7.99. The number of hydrogen-bond acceptors (Lipinski definition) is 6. The summed E-state index contributed by atoms with van der Waals surface area (Å²) in [4.78, 5) is 12.0. The largest absolute Gasteiger partial charge is 0.465 e. The molecule has 2 heterocycles. The molecule has 0 saturated carbocycles. The highest BCUT2D eigenvalue weighted by Crippen LogP contribution is 2.30. The summed E-state index contributed by atoms with van der Waals surface area (Å²) in [6.45, 7) is 5.97. The van der Waals surface area contributed by atoms with Crippen molar-refractivity contribution in [3.63, 3.8) is 0 Å². The highest BCUT2D eigenvalue weighted by molar-refractivity contribution is 8.00. The van der Waals surface area contributed by atoms with Crippen LogP contribution in [0.1, 0.15) is 19.4 Å². The van der Waals surface area contributed by atoms with E-state index in [1.54, 1.807) is 26.2 Å². The standard InChI is InChI=1S/C18H19N3O3S/c1-4-23-17(22)13(3)25-18-20-19-16(15-6-5-11-24-15)21(18)14-9-7-12(2)8-10-14/h5-11,13H,4H2,1-3H3/t13-/m0/s1. The Morgan fingerprint density at radius 3 is 2.68 bits per heavy atom. The fraction of sp³-hybridized carbons (Fsp3) is 0.278. The first-order chi connectivity index (χ1) is 12.1. The summed E-state index contributed by atoms with van der Waals surface area (Å²) in [5.74, 6) is 0.932. The van der Waals surface area contributed by atoms with Crippen LogP contribution < -0.4 is 0 Å². The molecule has 0 amide bonds. The number of furan rings is 1. The van der Waals surface area contributed by atoms with E-state index in [0.29, 0.717) is 23.3 Å². The van der Waals surface area contributed by atoms with Crippen molar-refractivity contribution in [2.45, 2.75) is 31.2 Å². The number of carbonyl (C=O) groups is 1. The van der Waals surface area contributed by atoms with E-state index in [4.69, 9.17) is 9.15 Å². The van der Waals surface area contributed by atoms with Gasteiger partial charge in [0.15, 0.2) is 10.9 Å². The Morgan fingerprint density at radius 2 is 2.04 bits per heavy atom. The van der Waals surface area contributed by atoms with Gasteiger partial charge in [-0.15, -0.1) is 10.2 Å². The van der Waals surface area contributed by atoms with Gasteiger partial charge in [0.05, 0.1) is 12.9 Å². The van der Waals surface area contributed by atoms with Gasteiger partial charge in [0.25, 0.3) is 0 Å². The Bertz CT molecular complexity index is 841. The normalized spacial score (nSPS) is 12.1. The van der Waals surface area contributed by atoms with Crippen LogP contribution in [0.4, 0.5) is 0 Å². The molecule has 1 atom stereocenters. The number of nitrogens with zero attached hydrogens (tertiary/aromatic N) is 3. The molecule has 7 heteroatoms. The summed E-state index contributed by atoms with van der Waals surface area (Å²) in [5.41, 5.74) is 2.06. The van der Waals surface area contributed by atoms with Crippen LogP contribution in [0.3, 0.4) is 0 Å². The topological polar surface area (TPSA) is 70.2 Å². The fourth-order valence-corrected chi connectivity index (χ4v) is 3.17. The second-order valence-corrected chi connectivity index (χ2v) is 6.77. The average molecular weight is 357 g/mol. The Balaban J connectivity index is 2.01. The molecule has 0 spiro atoms. The molecule has 25 heavy (non-hydrogen) atoms. The van der Waals surface area contributed by atoms with Gasteiger partial charge in [-0.1, -0.05) is 29.5 Å². The molecule has 0 saturated heterocycles. The smallest absolute Gasteiger partial charge is 0.319 e. The summed E-state index contributed by atoms with van der Waals surface area (Å²) >= 11 is 1.31.